The van der Waals surface area contributed by atoms with Gasteiger partial charge in [-0.3, -0.25) is 4.79 Å². The first kappa shape index (κ1) is 21.4. The second-order valence-corrected chi connectivity index (χ2v) is 8.38. The fraction of sp³-hybridized carbons (Fsp3) is 0.500. The third-order valence-corrected chi connectivity index (χ3v) is 6.39. The summed E-state index contributed by atoms with van der Waals surface area (Å²) in [5.74, 6) is -2.71. The fourth-order valence-electron chi connectivity index (χ4n) is 2.88. The second kappa shape index (κ2) is 7.24. The summed E-state index contributed by atoms with van der Waals surface area (Å²) in [6, 6.07) is 2.88. The van der Waals surface area contributed by atoms with Crippen LogP contribution in [-0.4, -0.2) is 61.0 Å². The number of aromatic nitrogens is 1. The molecule has 0 spiro atoms. The smallest absolute Gasteiger partial charge is 0.475 e. The first-order valence-corrected chi connectivity index (χ1v) is 9.30. The molecule has 27 heavy (non-hydrogen) atoms. The molecule has 150 valence electrons. The van der Waals surface area contributed by atoms with Crippen molar-refractivity contribution in [3.05, 3.63) is 23.5 Å². The van der Waals surface area contributed by atoms with Crippen molar-refractivity contribution in [2.24, 2.45) is 11.3 Å². The molecule has 0 aromatic carbocycles. The van der Waals surface area contributed by atoms with Gasteiger partial charge in [0.05, 0.1) is 5.41 Å². The lowest BCUT2D eigenvalue weighted by molar-refractivity contribution is -0.192. The van der Waals surface area contributed by atoms with Gasteiger partial charge in [-0.15, -0.1) is 0 Å². The summed E-state index contributed by atoms with van der Waals surface area (Å²) in [5, 5.41) is 9.99. The molecule has 2 fully saturated rings. The normalized spacial score (nSPS) is 24.4. The van der Waals surface area contributed by atoms with Gasteiger partial charge < -0.3 is 10.4 Å². The van der Waals surface area contributed by atoms with Crippen LogP contribution in [0.2, 0.25) is 5.15 Å². The predicted octanol–water partition coefficient (Wildman–Crippen LogP) is 1.12. The number of alkyl halides is 3. The van der Waals surface area contributed by atoms with Crippen molar-refractivity contribution >= 4 is 33.5 Å². The van der Waals surface area contributed by atoms with E-state index < -0.39 is 27.6 Å². The Morgan fingerprint density at radius 1 is 1.41 bits per heavy atom. The molecule has 2 heterocycles. The predicted molar refractivity (Wildman–Crippen MR) is 86.3 cm³/mol. The highest BCUT2D eigenvalue weighted by Gasteiger charge is 2.66. The van der Waals surface area contributed by atoms with E-state index in [0.717, 1.165) is 6.42 Å². The number of halogens is 4. The number of hydrogen-bond acceptors (Lipinski definition) is 5. The number of carbonyl (C=O) groups is 2. The molecular formula is C14H15ClF3N3O5S. The molecule has 2 aliphatic rings. The van der Waals surface area contributed by atoms with Crippen molar-refractivity contribution in [2.75, 3.05) is 20.1 Å². The summed E-state index contributed by atoms with van der Waals surface area (Å²) in [6.07, 6.45) is -3.08. The van der Waals surface area contributed by atoms with Crippen molar-refractivity contribution in [1.82, 2.24) is 14.6 Å². The van der Waals surface area contributed by atoms with E-state index in [1.807, 2.05) is 0 Å². The number of carboxylic acid groups (broad SMARTS) is 1. The van der Waals surface area contributed by atoms with E-state index in [-0.39, 0.29) is 28.4 Å². The lowest BCUT2D eigenvalue weighted by Crippen LogP contribution is -2.37. The fourth-order valence-corrected chi connectivity index (χ4v) is 4.50. The van der Waals surface area contributed by atoms with E-state index in [0.29, 0.717) is 6.54 Å². The zero-order valence-corrected chi connectivity index (χ0v) is 15.4. The molecule has 1 aromatic heterocycles. The third-order valence-electron chi connectivity index (χ3n) is 4.37. The maximum absolute atomic E-state index is 12.5. The Bertz CT molecular complexity index is 847. The first-order valence-electron chi connectivity index (χ1n) is 7.48. The molecule has 8 nitrogen and oxygen atoms in total. The Labute approximate surface area is 157 Å². The molecule has 2 atom stereocenters. The van der Waals surface area contributed by atoms with Crippen molar-refractivity contribution in [3.63, 3.8) is 0 Å². The number of aliphatic carboxylic acids is 1. The van der Waals surface area contributed by atoms with Crippen LogP contribution >= 0.6 is 11.6 Å². The van der Waals surface area contributed by atoms with E-state index in [1.165, 1.54) is 22.6 Å². The van der Waals surface area contributed by atoms with Crippen molar-refractivity contribution in [2.45, 2.75) is 17.5 Å². The minimum atomic E-state index is -5.08. The number of nitrogens with zero attached hydrogens (tertiary/aromatic N) is 2. The summed E-state index contributed by atoms with van der Waals surface area (Å²) in [5.41, 5.74) is -0.526. The molecule has 3 rings (SSSR count). The number of amides is 1. The zero-order valence-electron chi connectivity index (χ0n) is 13.8. The van der Waals surface area contributed by atoms with Gasteiger partial charge in [-0.1, -0.05) is 11.6 Å². The molecule has 1 aliphatic heterocycles. The van der Waals surface area contributed by atoms with Crippen LogP contribution in [0.15, 0.2) is 23.2 Å². The molecule has 1 aromatic rings. The van der Waals surface area contributed by atoms with Gasteiger partial charge in [0.25, 0.3) is 0 Å². The number of carbonyl (C=O) groups excluding carboxylic acids is 1. The van der Waals surface area contributed by atoms with E-state index >= 15 is 0 Å². The number of sulfonamides is 1. The van der Waals surface area contributed by atoms with E-state index in [4.69, 9.17) is 21.5 Å². The summed E-state index contributed by atoms with van der Waals surface area (Å²) in [4.78, 5) is 24.7. The minimum Gasteiger partial charge on any atom is -0.475 e. The van der Waals surface area contributed by atoms with E-state index in [9.17, 15) is 26.4 Å². The minimum absolute atomic E-state index is 0.0746. The molecule has 2 N–H and O–H groups in total. The molecule has 13 heteroatoms. The molecule has 0 radical (unpaired) electrons. The standard InChI is InChI=1S/C12H14ClN3O3S.C2HF3O2/c1-14-11(17)12-4-8(12)6-16(7-12)20(18,19)9-2-3-10(13)15-5-9;3-2(4,5)1(6)7/h2-3,5,8H,4,6-7H2,1H3,(H,14,17);(H,6,7)/t8-,12-;/m1./s1. The van der Waals surface area contributed by atoms with Crippen LogP contribution in [0.25, 0.3) is 0 Å². The SMILES string of the molecule is CNC(=O)[C@@]12C[C@@H]1CN(S(=O)(=O)c1ccc(Cl)nc1)C2.O=C(O)C(F)(F)F. The van der Waals surface area contributed by atoms with E-state index in [2.05, 4.69) is 10.3 Å². The number of nitrogens with one attached hydrogen (secondary N) is 1. The molecule has 1 amide bonds. The molecule has 1 saturated heterocycles. The Balaban J connectivity index is 0.000000321. The van der Waals surface area contributed by atoms with Crippen molar-refractivity contribution in [1.29, 1.82) is 0 Å². The van der Waals surface area contributed by atoms with Crippen LogP contribution in [0, 0.1) is 11.3 Å². The Morgan fingerprint density at radius 2 is 2.00 bits per heavy atom. The maximum atomic E-state index is 12.5. The average molecular weight is 430 g/mol. The van der Waals surface area contributed by atoms with Crippen molar-refractivity contribution < 1.29 is 36.3 Å². The molecular weight excluding hydrogens is 415 g/mol. The highest BCUT2D eigenvalue weighted by Crippen LogP contribution is 2.58. The number of piperidine rings is 1. The second-order valence-electron chi connectivity index (χ2n) is 6.05. The topological polar surface area (TPSA) is 117 Å². The van der Waals surface area contributed by atoms with Crippen LogP contribution in [0.5, 0.6) is 0 Å². The quantitative estimate of drug-likeness (QED) is 0.695. The van der Waals surface area contributed by atoms with E-state index in [1.54, 1.807) is 7.05 Å². The number of hydrogen-bond donors (Lipinski definition) is 2. The first-order chi connectivity index (χ1) is 12.3. The number of pyridine rings is 1. The monoisotopic (exact) mass is 429 g/mol. The summed E-state index contributed by atoms with van der Waals surface area (Å²) in [7, 11) is -2.03. The molecule has 1 aliphatic carbocycles. The zero-order chi connectivity index (χ0) is 20.6. The van der Waals surface area contributed by atoms with Gasteiger partial charge in [-0.05, 0) is 24.5 Å². The van der Waals surface area contributed by atoms with Gasteiger partial charge in [-0.25, -0.2) is 18.2 Å². The lowest BCUT2D eigenvalue weighted by Gasteiger charge is -2.19. The molecule has 0 bridgehead atoms. The lowest BCUT2D eigenvalue weighted by atomic mass is 10.1. The number of rotatable bonds is 3. The highest BCUT2D eigenvalue weighted by atomic mass is 35.5. The van der Waals surface area contributed by atoms with Gasteiger partial charge in [0.2, 0.25) is 15.9 Å². The van der Waals surface area contributed by atoms with Gasteiger partial charge in [0, 0.05) is 26.3 Å². The van der Waals surface area contributed by atoms with Crippen molar-refractivity contribution in [3.8, 4) is 0 Å². The third kappa shape index (κ3) is 4.33. The average Bonchev–Trinajstić information content (AvgIpc) is 3.15. The van der Waals surface area contributed by atoms with Gasteiger partial charge in [-0.2, -0.15) is 17.5 Å². The summed E-state index contributed by atoms with van der Waals surface area (Å²) in [6.45, 7) is 0.626. The Hall–Kier alpha value is -1.92. The Morgan fingerprint density at radius 3 is 2.44 bits per heavy atom. The molecule has 0 unspecified atom stereocenters. The van der Waals surface area contributed by atoms with Gasteiger partial charge in [0.15, 0.2) is 0 Å². The molecule has 1 saturated carbocycles. The Kier molecular flexibility index (Phi) is 5.74. The van der Waals surface area contributed by atoms with Crippen LogP contribution in [0.3, 0.4) is 0 Å². The highest BCUT2D eigenvalue weighted by molar-refractivity contribution is 7.89. The van der Waals surface area contributed by atoms with Crippen LogP contribution in [0.1, 0.15) is 6.42 Å². The van der Waals surface area contributed by atoms with Crippen LogP contribution < -0.4 is 5.32 Å². The summed E-state index contributed by atoms with van der Waals surface area (Å²) < 4.78 is 58.1. The summed E-state index contributed by atoms with van der Waals surface area (Å²) >= 11 is 5.66. The number of fused-ring (bicyclic) bond motifs is 1. The maximum Gasteiger partial charge on any atom is 0.490 e. The van der Waals surface area contributed by atoms with Crippen LogP contribution in [0.4, 0.5) is 13.2 Å². The largest absolute Gasteiger partial charge is 0.490 e. The van der Waals surface area contributed by atoms with Crippen LogP contribution in [-0.2, 0) is 19.6 Å². The van der Waals surface area contributed by atoms with Gasteiger partial charge in [0.1, 0.15) is 10.0 Å². The number of carboxylic acids is 1. The van der Waals surface area contributed by atoms with Gasteiger partial charge >= 0.3 is 12.1 Å².